The maximum absolute atomic E-state index is 6.31. The molecule has 3 nitrogen and oxygen atoms in total. The number of nitrogens with zero attached hydrogens (tertiary/aromatic N) is 1. The first-order chi connectivity index (χ1) is 12.3. The lowest BCUT2D eigenvalue weighted by Crippen LogP contribution is -2.53. The van der Waals surface area contributed by atoms with E-state index in [9.17, 15) is 0 Å². The standard InChI is InChI=1S/C22H30N2O/c1-2-14-24-15-7-6-12-21(24)22(18-23)13-8-11-20(16-22)25-17-19-9-4-3-5-10-19/h2-5,8-11,16,21H,1,6-7,12-15,17-18,23H2/t21-,22-/m0/s1. The van der Waals surface area contributed by atoms with Crippen LogP contribution in [-0.4, -0.2) is 30.6 Å². The van der Waals surface area contributed by atoms with Crippen molar-refractivity contribution in [1.82, 2.24) is 4.90 Å². The number of benzene rings is 1. The second-order valence-electron chi connectivity index (χ2n) is 7.16. The van der Waals surface area contributed by atoms with Gasteiger partial charge in [-0.3, -0.25) is 4.90 Å². The van der Waals surface area contributed by atoms with E-state index in [1.165, 1.54) is 24.8 Å². The zero-order chi connectivity index (χ0) is 17.5. The first-order valence-electron chi connectivity index (χ1n) is 9.38. The Labute approximate surface area is 151 Å². The lowest BCUT2D eigenvalue weighted by atomic mass is 9.71. The van der Waals surface area contributed by atoms with Crippen LogP contribution >= 0.6 is 0 Å². The van der Waals surface area contributed by atoms with Crippen LogP contribution in [0.4, 0.5) is 0 Å². The van der Waals surface area contributed by atoms with E-state index in [1.807, 2.05) is 24.3 Å². The van der Waals surface area contributed by atoms with Crippen LogP contribution in [0.2, 0.25) is 0 Å². The average Bonchev–Trinajstić information content (AvgIpc) is 2.68. The maximum atomic E-state index is 6.31. The highest BCUT2D eigenvalue weighted by molar-refractivity contribution is 5.26. The molecule has 0 spiro atoms. The van der Waals surface area contributed by atoms with Crippen molar-refractivity contribution in [2.75, 3.05) is 19.6 Å². The Kier molecular flexibility index (Phi) is 6.11. The molecular formula is C22H30N2O. The van der Waals surface area contributed by atoms with Crippen LogP contribution in [0, 0.1) is 5.41 Å². The molecule has 3 rings (SSSR count). The first kappa shape index (κ1) is 18.0. The van der Waals surface area contributed by atoms with Crippen LogP contribution < -0.4 is 5.73 Å². The molecule has 25 heavy (non-hydrogen) atoms. The van der Waals surface area contributed by atoms with Gasteiger partial charge in [0, 0.05) is 24.5 Å². The Hall–Kier alpha value is -1.84. The fraction of sp³-hybridized carbons (Fsp3) is 0.455. The fourth-order valence-corrected chi connectivity index (χ4v) is 4.15. The number of piperidine rings is 1. The number of hydrogen-bond acceptors (Lipinski definition) is 3. The average molecular weight is 338 g/mol. The monoisotopic (exact) mass is 338 g/mol. The summed E-state index contributed by atoms with van der Waals surface area (Å²) in [5, 5.41) is 0. The summed E-state index contributed by atoms with van der Waals surface area (Å²) in [5.41, 5.74) is 7.46. The summed E-state index contributed by atoms with van der Waals surface area (Å²) in [6.07, 6.45) is 13.4. The largest absolute Gasteiger partial charge is 0.489 e. The highest BCUT2D eigenvalue weighted by Gasteiger charge is 2.40. The molecule has 0 radical (unpaired) electrons. The molecule has 1 aliphatic carbocycles. The topological polar surface area (TPSA) is 38.5 Å². The van der Waals surface area contributed by atoms with Crippen molar-refractivity contribution in [3.63, 3.8) is 0 Å². The van der Waals surface area contributed by atoms with Gasteiger partial charge in [-0.25, -0.2) is 0 Å². The maximum Gasteiger partial charge on any atom is 0.116 e. The highest BCUT2D eigenvalue weighted by Crippen LogP contribution is 2.40. The van der Waals surface area contributed by atoms with E-state index >= 15 is 0 Å². The molecule has 3 heteroatoms. The minimum Gasteiger partial charge on any atom is -0.489 e. The fourth-order valence-electron chi connectivity index (χ4n) is 4.15. The van der Waals surface area contributed by atoms with Gasteiger partial charge in [0.15, 0.2) is 0 Å². The highest BCUT2D eigenvalue weighted by atomic mass is 16.5. The molecule has 2 aliphatic rings. The number of ether oxygens (including phenoxy) is 1. The number of likely N-dealkylation sites (tertiary alicyclic amines) is 1. The third kappa shape index (κ3) is 4.23. The quantitative estimate of drug-likeness (QED) is 0.763. The van der Waals surface area contributed by atoms with Crippen molar-refractivity contribution in [3.8, 4) is 0 Å². The van der Waals surface area contributed by atoms with Crippen molar-refractivity contribution < 1.29 is 4.74 Å². The SMILES string of the molecule is C=CCN1CCCC[C@H]1[C@]1(CN)C=C(OCc2ccccc2)C=CC1. The van der Waals surface area contributed by atoms with Crippen LogP contribution in [0.1, 0.15) is 31.2 Å². The lowest BCUT2D eigenvalue weighted by molar-refractivity contribution is 0.0707. The molecule has 1 aliphatic heterocycles. The summed E-state index contributed by atoms with van der Waals surface area (Å²) in [6.45, 7) is 7.25. The van der Waals surface area contributed by atoms with Gasteiger partial charge >= 0.3 is 0 Å². The summed E-state index contributed by atoms with van der Waals surface area (Å²) in [5.74, 6) is 0.949. The van der Waals surface area contributed by atoms with Gasteiger partial charge in [-0.05, 0) is 43.5 Å². The van der Waals surface area contributed by atoms with Crippen molar-refractivity contribution in [2.45, 2.75) is 38.3 Å². The number of allylic oxidation sites excluding steroid dienone is 2. The predicted molar refractivity (Wildman–Crippen MR) is 104 cm³/mol. The van der Waals surface area contributed by atoms with E-state index < -0.39 is 0 Å². The van der Waals surface area contributed by atoms with Crippen molar-refractivity contribution >= 4 is 0 Å². The van der Waals surface area contributed by atoms with E-state index in [0.717, 1.165) is 25.3 Å². The van der Waals surface area contributed by atoms with Crippen LogP contribution in [0.3, 0.4) is 0 Å². The number of nitrogens with two attached hydrogens (primary N) is 1. The third-order valence-corrected chi connectivity index (χ3v) is 5.48. The molecule has 0 bridgehead atoms. The van der Waals surface area contributed by atoms with E-state index in [-0.39, 0.29) is 5.41 Å². The second-order valence-corrected chi connectivity index (χ2v) is 7.16. The van der Waals surface area contributed by atoms with Gasteiger partial charge in [-0.15, -0.1) is 6.58 Å². The molecule has 1 saturated heterocycles. The molecule has 0 amide bonds. The van der Waals surface area contributed by atoms with Crippen LogP contribution in [-0.2, 0) is 11.3 Å². The Balaban J connectivity index is 1.76. The second kappa shape index (κ2) is 8.50. The molecule has 1 heterocycles. The zero-order valence-corrected chi connectivity index (χ0v) is 15.1. The van der Waals surface area contributed by atoms with Crippen LogP contribution in [0.15, 0.2) is 67.0 Å². The normalized spacial score (nSPS) is 26.9. The zero-order valence-electron chi connectivity index (χ0n) is 15.1. The molecule has 1 aromatic rings. The van der Waals surface area contributed by atoms with E-state index in [2.05, 4.69) is 41.8 Å². The first-order valence-corrected chi connectivity index (χ1v) is 9.38. The molecule has 0 unspecified atom stereocenters. The van der Waals surface area contributed by atoms with Gasteiger partial charge < -0.3 is 10.5 Å². The Bertz CT molecular complexity index is 622. The van der Waals surface area contributed by atoms with Gasteiger partial charge in [0.1, 0.15) is 12.4 Å². The molecular weight excluding hydrogens is 308 g/mol. The van der Waals surface area contributed by atoms with Gasteiger partial charge in [0.2, 0.25) is 0 Å². The Morgan fingerprint density at radius 2 is 2.12 bits per heavy atom. The Morgan fingerprint density at radius 1 is 1.28 bits per heavy atom. The minimum absolute atomic E-state index is 0.0375. The molecule has 2 atom stereocenters. The van der Waals surface area contributed by atoms with Gasteiger partial charge in [-0.1, -0.05) is 48.9 Å². The predicted octanol–water partition coefficient (Wildman–Crippen LogP) is 4.03. The summed E-state index contributed by atoms with van der Waals surface area (Å²) in [7, 11) is 0. The molecule has 1 fully saturated rings. The molecule has 0 aromatic heterocycles. The van der Waals surface area contributed by atoms with Crippen molar-refractivity contribution in [1.29, 1.82) is 0 Å². The molecule has 2 N–H and O–H groups in total. The van der Waals surface area contributed by atoms with Crippen LogP contribution in [0.5, 0.6) is 0 Å². The summed E-state index contributed by atoms with van der Waals surface area (Å²) >= 11 is 0. The number of rotatable bonds is 7. The summed E-state index contributed by atoms with van der Waals surface area (Å²) < 4.78 is 6.09. The lowest BCUT2D eigenvalue weighted by Gasteiger charge is -2.47. The van der Waals surface area contributed by atoms with Crippen molar-refractivity contribution in [2.24, 2.45) is 11.1 Å². The summed E-state index contributed by atoms with van der Waals surface area (Å²) in [6, 6.07) is 10.8. The minimum atomic E-state index is -0.0375. The molecule has 0 saturated carbocycles. The van der Waals surface area contributed by atoms with Gasteiger partial charge in [-0.2, -0.15) is 0 Å². The van der Waals surface area contributed by atoms with E-state index in [4.69, 9.17) is 10.5 Å². The van der Waals surface area contributed by atoms with Crippen LogP contribution in [0.25, 0.3) is 0 Å². The summed E-state index contributed by atoms with van der Waals surface area (Å²) in [4.78, 5) is 2.55. The smallest absolute Gasteiger partial charge is 0.116 e. The third-order valence-electron chi connectivity index (χ3n) is 5.48. The van der Waals surface area contributed by atoms with Gasteiger partial charge in [0.05, 0.1) is 0 Å². The van der Waals surface area contributed by atoms with E-state index in [0.29, 0.717) is 19.2 Å². The van der Waals surface area contributed by atoms with Gasteiger partial charge in [0.25, 0.3) is 0 Å². The molecule has 1 aromatic carbocycles. The van der Waals surface area contributed by atoms with E-state index in [1.54, 1.807) is 0 Å². The number of hydrogen-bond donors (Lipinski definition) is 1. The molecule has 134 valence electrons. The van der Waals surface area contributed by atoms with Crippen molar-refractivity contribution in [3.05, 3.63) is 72.5 Å². The Morgan fingerprint density at radius 3 is 2.88 bits per heavy atom.